The lowest BCUT2D eigenvalue weighted by molar-refractivity contribution is -0.131. The van der Waals surface area contributed by atoms with Crippen LogP contribution >= 0.6 is 0 Å². The summed E-state index contributed by atoms with van der Waals surface area (Å²) < 4.78 is 13.5. The average Bonchev–Trinajstić information content (AvgIpc) is 2.40. The Hall–Kier alpha value is -1.68. The molecular weight excluding hydrogens is 269 g/mol. The fourth-order valence-corrected chi connectivity index (χ4v) is 3.33. The average molecular weight is 291 g/mol. The molecule has 114 valence electrons. The Bertz CT molecular complexity index is 529. The quantitative estimate of drug-likeness (QED) is 0.861. The van der Waals surface area contributed by atoms with Crippen LogP contribution in [0, 0.1) is 11.7 Å². The van der Waals surface area contributed by atoms with Crippen molar-refractivity contribution in [2.75, 3.05) is 14.1 Å². The van der Waals surface area contributed by atoms with Crippen molar-refractivity contribution in [3.05, 3.63) is 47.3 Å². The molecule has 0 aromatic heterocycles. The Balaban J connectivity index is 2.13. The molecule has 0 aliphatic heterocycles. The van der Waals surface area contributed by atoms with Gasteiger partial charge in [0.05, 0.1) is 0 Å². The number of benzene rings is 1. The molecule has 0 radical (unpaired) electrons. The van der Waals surface area contributed by atoms with Gasteiger partial charge in [0.15, 0.2) is 0 Å². The summed E-state index contributed by atoms with van der Waals surface area (Å²) in [6.45, 7) is 0. The number of hydrogen-bond donors (Lipinski definition) is 1. The largest absolute Gasteiger partial charge is 0.478 e. The van der Waals surface area contributed by atoms with E-state index < -0.39 is 5.97 Å². The summed E-state index contributed by atoms with van der Waals surface area (Å²) in [5, 5.41) is 8.81. The maximum Gasteiger partial charge on any atom is 0.328 e. The SMILES string of the molecule is CN(C)C(c1cccc(F)c1)C1CCC(=CC(=O)O)CC1. The highest BCUT2D eigenvalue weighted by Gasteiger charge is 2.28. The summed E-state index contributed by atoms with van der Waals surface area (Å²) >= 11 is 0. The minimum Gasteiger partial charge on any atom is -0.478 e. The number of carboxylic acid groups (broad SMARTS) is 1. The molecule has 1 aliphatic carbocycles. The van der Waals surface area contributed by atoms with Gasteiger partial charge < -0.3 is 10.0 Å². The maximum absolute atomic E-state index is 13.5. The van der Waals surface area contributed by atoms with Crippen molar-refractivity contribution in [2.45, 2.75) is 31.7 Å². The summed E-state index contributed by atoms with van der Waals surface area (Å²) in [7, 11) is 4.02. The third-order valence-corrected chi connectivity index (χ3v) is 4.19. The van der Waals surface area contributed by atoms with Crippen LogP contribution in [0.3, 0.4) is 0 Å². The first-order chi connectivity index (χ1) is 9.97. The smallest absolute Gasteiger partial charge is 0.328 e. The fourth-order valence-electron chi connectivity index (χ4n) is 3.33. The predicted octanol–water partition coefficient (Wildman–Crippen LogP) is 3.63. The van der Waals surface area contributed by atoms with E-state index in [9.17, 15) is 9.18 Å². The van der Waals surface area contributed by atoms with E-state index in [1.165, 1.54) is 12.1 Å². The van der Waals surface area contributed by atoms with Crippen LogP contribution < -0.4 is 0 Å². The van der Waals surface area contributed by atoms with Crippen molar-refractivity contribution in [1.29, 1.82) is 0 Å². The molecule has 1 unspecified atom stereocenters. The number of allylic oxidation sites excluding steroid dienone is 1. The topological polar surface area (TPSA) is 40.5 Å². The van der Waals surface area contributed by atoms with Crippen molar-refractivity contribution in [2.24, 2.45) is 5.92 Å². The van der Waals surface area contributed by atoms with Crippen molar-refractivity contribution in [3.63, 3.8) is 0 Å². The van der Waals surface area contributed by atoms with Gasteiger partial charge >= 0.3 is 5.97 Å². The number of carbonyl (C=O) groups is 1. The van der Waals surface area contributed by atoms with Gasteiger partial charge in [-0.1, -0.05) is 17.7 Å². The van der Waals surface area contributed by atoms with Crippen LogP contribution in [0.5, 0.6) is 0 Å². The molecule has 2 rings (SSSR count). The van der Waals surface area contributed by atoms with E-state index in [-0.39, 0.29) is 11.9 Å². The lowest BCUT2D eigenvalue weighted by Gasteiger charge is -2.36. The van der Waals surface area contributed by atoms with E-state index >= 15 is 0 Å². The van der Waals surface area contributed by atoms with Gasteiger partial charge in [0.25, 0.3) is 0 Å². The van der Waals surface area contributed by atoms with E-state index in [1.807, 2.05) is 20.2 Å². The molecule has 3 nitrogen and oxygen atoms in total. The van der Waals surface area contributed by atoms with Crippen LogP contribution in [0.15, 0.2) is 35.9 Å². The highest BCUT2D eigenvalue weighted by Crippen LogP contribution is 2.39. The van der Waals surface area contributed by atoms with Crippen molar-refractivity contribution < 1.29 is 14.3 Å². The van der Waals surface area contributed by atoms with Crippen LogP contribution in [0.4, 0.5) is 4.39 Å². The van der Waals surface area contributed by atoms with Crippen molar-refractivity contribution >= 4 is 5.97 Å². The molecule has 1 saturated carbocycles. The Morgan fingerprint density at radius 3 is 2.57 bits per heavy atom. The number of hydrogen-bond acceptors (Lipinski definition) is 2. The molecular formula is C17H22FNO2. The van der Waals surface area contributed by atoms with Crippen LogP contribution in [0.25, 0.3) is 0 Å². The van der Waals surface area contributed by atoms with E-state index in [1.54, 1.807) is 12.1 Å². The molecule has 1 aromatic rings. The van der Waals surface area contributed by atoms with Crippen molar-refractivity contribution in [3.8, 4) is 0 Å². The molecule has 4 heteroatoms. The molecule has 0 amide bonds. The summed E-state index contributed by atoms with van der Waals surface area (Å²) in [5.41, 5.74) is 2.01. The molecule has 0 bridgehead atoms. The van der Waals surface area contributed by atoms with Crippen LogP contribution in [-0.2, 0) is 4.79 Å². The standard InChI is InChI=1S/C17H22FNO2/c1-19(2)17(14-4-3-5-15(18)11-14)13-8-6-12(7-9-13)10-16(20)21/h3-5,10-11,13,17H,6-9H2,1-2H3,(H,20,21). The first kappa shape index (κ1) is 15.7. The van der Waals surface area contributed by atoms with Gasteiger partial charge in [-0.3, -0.25) is 0 Å². The van der Waals surface area contributed by atoms with Gasteiger partial charge in [-0.15, -0.1) is 0 Å². The second-order valence-electron chi connectivity index (χ2n) is 5.94. The predicted molar refractivity (Wildman–Crippen MR) is 80.5 cm³/mol. The molecule has 21 heavy (non-hydrogen) atoms. The number of nitrogens with zero attached hydrogens (tertiary/aromatic N) is 1. The highest BCUT2D eigenvalue weighted by molar-refractivity contribution is 5.80. The zero-order valence-electron chi connectivity index (χ0n) is 12.6. The third kappa shape index (κ3) is 4.14. The second-order valence-corrected chi connectivity index (χ2v) is 5.94. The van der Waals surface area contributed by atoms with E-state index in [0.717, 1.165) is 36.8 Å². The molecule has 1 aliphatic rings. The lowest BCUT2D eigenvalue weighted by atomic mass is 9.78. The molecule has 1 N–H and O–H groups in total. The van der Waals surface area contributed by atoms with Gasteiger partial charge in [0.2, 0.25) is 0 Å². The highest BCUT2D eigenvalue weighted by atomic mass is 19.1. The van der Waals surface area contributed by atoms with Crippen LogP contribution in [0.1, 0.15) is 37.3 Å². The molecule has 0 saturated heterocycles. The van der Waals surface area contributed by atoms with Gasteiger partial charge in [-0.05, 0) is 63.4 Å². The summed E-state index contributed by atoms with van der Waals surface area (Å²) in [6, 6.07) is 6.96. The van der Waals surface area contributed by atoms with E-state index in [4.69, 9.17) is 5.11 Å². The van der Waals surface area contributed by atoms with E-state index in [0.29, 0.717) is 5.92 Å². The lowest BCUT2D eigenvalue weighted by Crippen LogP contribution is -2.29. The Kier molecular flexibility index (Phi) is 5.12. The Morgan fingerprint density at radius 1 is 1.38 bits per heavy atom. The molecule has 0 heterocycles. The fraction of sp³-hybridized carbons (Fsp3) is 0.471. The normalized spacial score (nSPS) is 20.4. The zero-order chi connectivity index (χ0) is 15.4. The van der Waals surface area contributed by atoms with Crippen LogP contribution in [-0.4, -0.2) is 30.1 Å². The Morgan fingerprint density at radius 2 is 2.05 bits per heavy atom. The van der Waals surface area contributed by atoms with E-state index in [2.05, 4.69) is 4.90 Å². The molecule has 1 fully saturated rings. The first-order valence-corrected chi connectivity index (χ1v) is 7.31. The van der Waals surface area contributed by atoms with Crippen molar-refractivity contribution in [1.82, 2.24) is 4.90 Å². The number of aliphatic carboxylic acids is 1. The van der Waals surface area contributed by atoms with Gasteiger partial charge in [-0.2, -0.15) is 0 Å². The monoisotopic (exact) mass is 291 g/mol. The maximum atomic E-state index is 13.5. The number of carboxylic acids is 1. The third-order valence-electron chi connectivity index (χ3n) is 4.19. The van der Waals surface area contributed by atoms with Gasteiger partial charge in [-0.25, -0.2) is 9.18 Å². The van der Waals surface area contributed by atoms with Crippen LogP contribution in [0.2, 0.25) is 0 Å². The molecule has 1 aromatic carbocycles. The minimum atomic E-state index is -0.863. The molecule has 1 atom stereocenters. The second kappa shape index (κ2) is 6.85. The molecule has 0 spiro atoms. The van der Waals surface area contributed by atoms with Gasteiger partial charge in [0.1, 0.15) is 5.82 Å². The van der Waals surface area contributed by atoms with Gasteiger partial charge in [0, 0.05) is 12.1 Å². The Labute approximate surface area is 125 Å². The summed E-state index contributed by atoms with van der Waals surface area (Å²) in [4.78, 5) is 12.9. The first-order valence-electron chi connectivity index (χ1n) is 7.31. The number of rotatable bonds is 4. The summed E-state index contributed by atoms with van der Waals surface area (Å²) in [6.07, 6.45) is 4.85. The number of halogens is 1. The summed E-state index contributed by atoms with van der Waals surface area (Å²) in [5.74, 6) is -0.646. The minimum absolute atomic E-state index is 0.173. The zero-order valence-corrected chi connectivity index (χ0v) is 12.6.